The quantitative estimate of drug-likeness (QED) is 0.630. The van der Waals surface area contributed by atoms with E-state index in [1.807, 2.05) is 13.0 Å². The summed E-state index contributed by atoms with van der Waals surface area (Å²) in [4.78, 5) is 2.35. The van der Waals surface area contributed by atoms with Crippen LogP contribution in [-0.4, -0.2) is 7.11 Å². The zero-order valence-corrected chi connectivity index (χ0v) is 13.8. The summed E-state index contributed by atoms with van der Waals surface area (Å²) < 4.78 is 19.7. The molecule has 0 amide bonds. The lowest BCUT2D eigenvalue weighted by molar-refractivity contribution is 0.386. The van der Waals surface area contributed by atoms with Crippen LogP contribution in [-0.2, 0) is 0 Å². The minimum absolute atomic E-state index is 0.00657. The van der Waals surface area contributed by atoms with E-state index in [4.69, 9.17) is 4.74 Å². The van der Waals surface area contributed by atoms with E-state index in [1.165, 1.54) is 18.1 Å². The maximum absolute atomic E-state index is 13.7. The number of benzene rings is 1. The van der Waals surface area contributed by atoms with Gasteiger partial charge in [-0.2, -0.15) is 0 Å². The van der Waals surface area contributed by atoms with Gasteiger partial charge in [0.05, 0.1) is 11.9 Å². The van der Waals surface area contributed by atoms with Gasteiger partial charge in [-0.1, -0.05) is 22.0 Å². The molecule has 2 aromatic rings. The van der Waals surface area contributed by atoms with Crippen LogP contribution in [0.3, 0.4) is 0 Å². The van der Waals surface area contributed by atoms with Crippen LogP contribution in [0.2, 0.25) is 0 Å². The molecule has 18 heavy (non-hydrogen) atoms. The first kappa shape index (κ1) is 14.0. The molecule has 1 unspecified atom stereocenters. The largest absolute Gasteiger partial charge is 0.494 e. The van der Waals surface area contributed by atoms with Gasteiger partial charge in [0.2, 0.25) is 0 Å². The zero-order chi connectivity index (χ0) is 13.3. The van der Waals surface area contributed by atoms with Crippen molar-refractivity contribution in [1.82, 2.24) is 0 Å². The van der Waals surface area contributed by atoms with E-state index in [0.717, 1.165) is 14.9 Å². The number of aryl methyl sites for hydroxylation is 1. The molecule has 0 radical (unpaired) electrons. The Kier molecular flexibility index (Phi) is 4.45. The third-order valence-electron chi connectivity index (χ3n) is 2.59. The molecule has 0 N–H and O–H groups in total. The van der Waals surface area contributed by atoms with Crippen molar-refractivity contribution in [3.05, 3.63) is 49.9 Å². The van der Waals surface area contributed by atoms with Crippen LogP contribution in [0.5, 0.6) is 5.75 Å². The monoisotopic (exact) mass is 392 g/mol. The van der Waals surface area contributed by atoms with E-state index in [9.17, 15) is 4.39 Å². The summed E-state index contributed by atoms with van der Waals surface area (Å²) >= 11 is 8.78. The average Bonchev–Trinajstić information content (AvgIpc) is 2.68. The number of methoxy groups -OCH3 is 1. The Hall–Kier alpha value is -0.390. The Labute approximate surface area is 126 Å². The van der Waals surface area contributed by atoms with Crippen molar-refractivity contribution in [3.63, 3.8) is 0 Å². The number of hydrogen-bond acceptors (Lipinski definition) is 2. The van der Waals surface area contributed by atoms with Gasteiger partial charge in [-0.05, 0) is 46.6 Å². The molecule has 1 heterocycles. The van der Waals surface area contributed by atoms with Gasteiger partial charge in [-0.3, -0.25) is 0 Å². The molecule has 96 valence electrons. The highest BCUT2D eigenvalue weighted by Crippen LogP contribution is 2.39. The summed E-state index contributed by atoms with van der Waals surface area (Å²) in [5, 5.41) is 0. The molecule has 0 saturated carbocycles. The van der Waals surface area contributed by atoms with Crippen molar-refractivity contribution < 1.29 is 9.13 Å². The molecule has 0 bridgehead atoms. The Morgan fingerprint density at radius 1 is 1.33 bits per heavy atom. The molecular weight excluding hydrogens is 383 g/mol. The highest BCUT2D eigenvalue weighted by Gasteiger charge is 2.16. The van der Waals surface area contributed by atoms with E-state index >= 15 is 0 Å². The van der Waals surface area contributed by atoms with Crippen LogP contribution >= 0.6 is 43.2 Å². The molecule has 0 aliphatic rings. The fourth-order valence-corrected chi connectivity index (χ4v) is 3.88. The van der Waals surface area contributed by atoms with Gasteiger partial charge in [-0.25, -0.2) is 4.39 Å². The van der Waals surface area contributed by atoms with Crippen LogP contribution in [0, 0.1) is 12.7 Å². The second-order valence-electron chi connectivity index (χ2n) is 3.81. The van der Waals surface area contributed by atoms with Gasteiger partial charge in [0, 0.05) is 14.2 Å². The first-order chi connectivity index (χ1) is 8.52. The fraction of sp³-hybridized carbons (Fsp3) is 0.231. The lowest BCUT2D eigenvalue weighted by Gasteiger charge is -2.09. The molecule has 0 aliphatic heterocycles. The summed E-state index contributed by atoms with van der Waals surface area (Å²) in [7, 11) is 1.46. The standard InChI is InChI=1S/C13H11Br2FOS/c1-7-9(14)6-12(18-7)13(15)8-3-4-11(17-2)10(16)5-8/h3-6,13H,1-2H3. The molecule has 0 aliphatic carbocycles. The lowest BCUT2D eigenvalue weighted by Crippen LogP contribution is -1.93. The first-order valence-electron chi connectivity index (χ1n) is 5.26. The Morgan fingerprint density at radius 3 is 2.56 bits per heavy atom. The minimum atomic E-state index is -0.341. The van der Waals surface area contributed by atoms with Crippen molar-refractivity contribution in [2.24, 2.45) is 0 Å². The number of thiophene rings is 1. The number of halogens is 3. The van der Waals surface area contributed by atoms with Gasteiger partial charge in [0.15, 0.2) is 11.6 Å². The summed E-state index contributed by atoms with van der Waals surface area (Å²) in [5.74, 6) is -0.0752. The van der Waals surface area contributed by atoms with E-state index in [0.29, 0.717) is 0 Å². The van der Waals surface area contributed by atoms with Gasteiger partial charge in [0.1, 0.15) is 0 Å². The van der Waals surface area contributed by atoms with Crippen molar-refractivity contribution in [3.8, 4) is 5.75 Å². The first-order valence-corrected chi connectivity index (χ1v) is 7.78. The molecule has 1 aromatic heterocycles. The number of hydrogen-bond donors (Lipinski definition) is 0. The molecule has 0 spiro atoms. The highest BCUT2D eigenvalue weighted by molar-refractivity contribution is 9.10. The Bertz CT molecular complexity index is 549. The second kappa shape index (κ2) is 5.72. The summed E-state index contributed by atoms with van der Waals surface area (Å²) in [6.07, 6.45) is 0. The average molecular weight is 394 g/mol. The minimum Gasteiger partial charge on any atom is -0.494 e. The second-order valence-corrected chi connectivity index (χ2v) is 6.87. The van der Waals surface area contributed by atoms with Crippen LogP contribution in [0.1, 0.15) is 20.1 Å². The molecule has 2 rings (SSSR count). The zero-order valence-electron chi connectivity index (χ0n) is 9.84. The predicted octanol–water partition coefficient (Wildman–Crippen LogP) is 5.45. The topological polar surface area (TPSA) is 9.23 Å². The van der Waals surface area contributed by atoms with Crippen molar-refractivity contribution >= 4 is 43.2 Å². The third kappa shape index (κ3) is 2.78. The van der Waals surface area contributed by atoms with Crippen LogP contribution in [0.4, 0.5) is 4.39 Å². The molecule has 1 atom stereocenters. The SMILES string of the molecule is COc1ccc(C(Br)c2cc(Br)c(C)s2)cc1F. The van der Waals surface area contributed by atoms with Crippen molar-refractivity contribution in [1.29, 1.82) is 0 Å². The van der Waals surface area contributed by atoms with E-state index < -0.39 is 0 Å². The normalized spacial score (nSPS) is 12.5. The number of alkyl halides is 1. The van der Waals surface area contributed by atoms with Crippen LogP contribution < -0.4 is 4.74 Å². The number of rotatable bonds is 3. The Balaban J connectivity index is 2.33. The van der Waals surface area contributed by atoms with Gasteiger partial charge < -0.3 is 4.74 Å². The van der Waals surface area contributed by atoms with E-state index in [1.54, 1.807) is 17.4 Å². The van der Waals surface area contributed by atoms with E-state index in [-0.39, 0.29) is 16.4 Å². The molecule has 0 saturated heterocycles. The summed E-state index contributed by atoms with van der Waals surface area (Å²) in [6, 6.07) is 7.07. The molecule has 1 nitrogen and oxygen atoms in total. The van der Waals surface area contributed by atoms with Crippen molar-refractivity contribution in [2.75, 3.05) is 7.11 Å². The van der Waals surface area contributed by atoms with Gasteiger partial charge in [0.25, 0.3) is 0 Å². The van der Waals surface area contributed by atoms with Crippen molar-refractivity contribution in [2.45, 2.75) is 11.8 Å². The molecular formula is C13H11Br2FOS. The van der Waals surface area contributed by atoms with Gasteiger partial charge >= 0.3 is 0 Å². The molecule has 0 fully saturated rings. The van der Waals surface area contributed by atoms with Crippen LogP contribution in [0.15, 0.2) is 28.7 Å². The smallest absolute Gasteiger partial charge is 0.165 e. The molecule has 1 aromatic carbocycles. The fourth-order valence-electron chi connectivity index (χ4n) is 1.61. The maximum Gasteiger partial charge on any atom is 0.165 e. The maximum atomic E-state index is 13.7. The predicted molar refractivity (Wildman–Crippen MR) is 80.5 cm³/mol. The Morgan fingerprint density at radius 2 is 2.06 bits per heavy atom. The number of ether oxygens (including phenoxy) is 1. The lowest BCUT2D eigenvalue weighted by atomic mass is 10.1. The van der Waals surface area contributed by atoms with E-state index in [2.05, 4.69) is 37.9 Å². The van der Waals surface area contributed by atoms with Gasteiger partial charge in [-0.15, -0.1) is 11.3 Å². The highest BCUT2D eigenvalue weighted by atomic mass is 79.9. The van der Waals surface area contributed by atoms with Crippen LogP contribution in [0.25, 0.3) is 0 Å². The molecule has 5 heteroatoms. The third-order valence-corrected chi connectivity index (χ3v) is 6.12. The summed E-state index contributed by atoms with van der Waals surface area (Å²) in [6.45, 7) is 2.05. The summed E-state index contributed by atoms with van der Waals surface area (Å²) in [5.41, 5.74) is 0.877.